The van der Waals surface area contributed by atoms with E-state index >= 15 is 0 Å². The smallest absolute Gasteiger partial charge is 0.269 e. The molecule has 2 aromatic carbocycles. The van der Waals surface area contributed by atoms with Crippen molar-refractivity contribution in [2.75, 3.05) is 12.4 Å². The maximum absolute atomic E-state index is 13.3. The zero-order valence-corrected chi connectivity index (χ0v) is 17.9. The highest BCUT2D eigenvalue weighted by atomic mass is 19.1. The molecule has 9 heteroatoms. The maximum atomic E-state index is 13.3. The fraction of sp³-hybridized carbons (Fsp3) is 0.0400. The number of carbonyl (C=O) groups is 1. The molecule has 0 unspecified atom stereocenters. The molecule has 1 N–H and O–H groups in total. The molecule has 0 atom stereocenters. The SMILES string of the molecule is COc1ccccc1NC(=O)/C(C#N)=C\c1c(Oc2ccc(F)cc2)nc2ccccn2c1=O. The van der Waals surface area contributed by atoms with E-state index < -0.39 is 17.3 Å². The second-order valence-electron chi connectivity index (χ2n) is 6.94. The Labute approximate surface area is 193 Å². The van der Waals surface area contributed by atoms with E-state index in [-0.39, 0.29) is 22.8 Å². The molecule has 2 aromatic heterocycles. The summed E-state index contributed by atoms with van der Waals surface area (Å²) in [5, 5.41) is 12.3. The minimum absolute atomic E-state index is 0.125. The summed E-state index contributed by atoms with van der Waals surface area (Å²) in [6.45, 7) is 0. The van der Waals surface area contributed by atoms with Crippen LogP contribution in [0.25, 0.3) is 11.7 Å². The molecule has 0 radical (unpaired) electrons. The minimum Gasteiger partial charge on any atom is -0.495 e. The van der Waals surface area contributed by atoms with Gasteiger partial charge in [-0.05, 0) is 54.6 Å². The summed E-state index contributed by atoms with van der Waals surface area (Å²) >= 11 is 0. The van der Waals surface area contributed by atoms with Crippen molar-refractivity contribution in [2.45, 2.75) is 0 Å². The predicted molar refractivity (Wildman–Crippen MR) is 123 cm³/mol. The summed E-state index contributed by atoms with van der Waals surface area (Å²) in [6, 6.07) is 18.6. The maximum Gasteiger partial charge on any atom is 0.269 e. The van der Waals surface area contributed by atoms with Gasteiger partial charge in [0.1, 0.15) is 40.2 Å². The molecule has 0 aliphatic heterocycles. The van der Waals surface area contributed by atoms with Crippen LogP contribution in [0.3, 0.4) is 0 Å². The third-order valence-corrected chi connectivity index (χ3v) is 4.77. The number of nitriles is 1. The molecule has 4 rings (SSSR count). The summed E-state index contributed by atoms with van der Waals surface area (Å²) in [5.41, 5.74) is -0.393. The van der Waals surface area contributed by atoms with Crippen molar-refractivity contribution >= 4 is 23.3 Å². The third-order valence-electron chi connectivity index (χ3n) is 4.77. The van der Waals surface area contributed by atoms with Crippen LogP contribution in [-0.2, 0) is 4.79 Å². The lowest BCUT2D eigenvalue weighted by molar-refractivity contribution is -0.112. The first-order valence-corrected chi connectivity index (χ1v) is 10.0. The molecule has 0 saturated carbocycles. The molecule has 168 valence electrons. The highest BCUT2D eigenvalue weighted by Crippen LogP contribution is 2.26. The Kier molecular flexibility index (Phi) is 6.32. The molecular weight excluding hydrogens is 439 g/mol. The number of nitrogens with zero attached hydrogens (tertiary/aromatic N) is 3. The average Bonchev–Trinajstić information content (AvgIpc) is 2.85. The number of hydrogen-bond acceptors (Lipinski definition) is 6. The van der Waals surface area contributed by atoms with E-state index in [1.54, 1.807) is 42.5 Å². The molecule has 0 bridgehead atoms. The monoisotopic (exact) mass is 456 g/mol. The van der Waals surface area contributed by atoms with Crippen LogP contribution in [0.4, 0.5) is 10.1 Å². The number of halogens is 1. The number of benzene rings is 2. The number of nitrogens with one attached hydrogen (secondary N) is 1. The van der Waals surface area contributed by atoms with Gasteiger partial charge in [-0.15, -0.1) is 0 Å². The number of pyridine rings is 1. The number of rotatable bonds is 6. The van der Waals surface area contributed by atoms with Crippen LogP contribution >= 0.6 is 0 Å². The van der Waals surface area contributed by atoms with Crippen molar-refractivity contribution in [3.8, 4) is 23.4 Å². The van der Waals surface area contributed by atoms with Crippen LogP contribution in [0.15, 0.2) is 83.3 Å². The van der Waals surface area contributed by atoms with Crippen molar-refractivity contribution < 1.29 is 18.7 Å². The van der Waals surface area contributed by atoms with E-state index in [1.807, 2.05) is 6.07 Å². The highest BCUT2D eigenvalue weighted by molar-refractivity contribution is 6.10. The average molecular weight is 456 g/mol. The van der Waals surface area contributed by atoms with Gasteiger partial charge in [0.2, 0.25) is 5.88 Å². The summed E-state index contributed by atoms with van der Waals surface area (Å²) in [6.07, 6.45) is 2.61. The molecular formula is C25H17FN4O4. The van der Waals surface area contributed by atoms with Gasteiger partial charge in [-0.3, -0.25) is 14.0 Å². The van der Waals surface area contributed by atoms with Crippen molar-refractivity contribution in [2.24, 2.45) is 0 Å². The van der Waals surface area contributed by atoms with Gasteiger partial charge in [-0.1, -0.05) is 18.2 Å². The van der Waals surface area contributed by atoms with Crippen molar-refractivity contribution in [1.82, 2.24) is 9.38 Å². The number of amides is 1. The summed E-state index contributed by atoms with van der Waals surface area (Å²) in [5.74, 6) is -0.724. The first kappa shape index (κ1) is 22.2. The molecule has 0 fully saturated rings. The number of aromatic nitrogens is 2. The lowest BCUT2D eigenvalue weighted by atomic mass is 10.1. The van der Waals surface area contributed by atoms with Gasteiger partial charge >= 0.3 is 0 Å². The molecule has 0 saturated heterocycles. The molecule has 8 nitrogen and oxygen atoms in total. The molecule has 0 spiro atoms. The number of fused-ring (bicyclic) bond motifs is 1. The van der Waals surface area contributed by atoms with Gasteiger partial charge < -0.3 is 14.8 Å². The Morgan fingerprint density at radius 2 is 1.85 bits per heavy atom. The number of ether oxygens (including phenoxy) is 2. The van der Waals surface area contributed by atoms with E-state index in [0.29, 0.717) is 17.1 Å². The predicted octanol–water partition coefficient (Wildman–Crippen LogP) is 4.18. The Morgan fingerprint density at radius 1 is 1.12 bits per heavy atom. The van der Waals surface area contributed by atoms with Gasteiger partial charge in [-0.25, -0.2) is 4.39 Å². The van der Waals surface area contributed by atoms with Crippen LogP contribution < -0.4 is 20.3 Å². The second kappa shape index (κ2) is 9.67. The molecule has 4 aromatic rings. The molecule has 0 aliphatic rings. The van der Waals surface area contributed by atoms with Gasteiger partial charge in [0, 0.05) is 6.20 Å². The normalized spacial score (nSPS) is 11.0. The standard InChI is InChI=1S/C25H17FN4O4/c1-33-21-7-3-2-6-20(21)28-23(31)16(15-27)14-19-24(34-18-11-9-17(26)10-12-18)29-22-8-4-5-13-30(22)25(19)32/h2-14H,1H3,(H,28,31)/b16-14-. The van der Waals surface area contributed by atoms with E-state index in [1.165, 1.54) is 42.0 Å². The fourth-order valence-electron chi connectivity index (χ4n) is 3.13. The zero-order chi connectivity index (χ0) is 24.1. The topological polar surface area (TPSA) is 106 Å². The van der Waals surface area contributed by atoms with E-state index in [0.717, 1.165) is 6.08 Å². The fourth-order valence-corrected chi connectivity index (χ4v) is 3.13. The lowest BCUT2D eigenvalue weighted by Crippen LogP contribution is -2.20. The van der Waals surface area contributed by atoms with Gasteiger partial charge in [-0.2, -0.15) is 10.2 Å². The second-order valence-corrected chi connectivity index (χ2v) is 6.94. The van der Waals surface area contributed by atoms with Crippen LogP contribution in [0.1, 0.15) is 5.56 Å². The Balaban J connectivity index is 1.79. The van der Waals surface area contributed by atoms with Crippen molar-refractivity contribution in [1.29, 1.82) is 5.26 Å². The number of para-hydroxylation sites is 2. The van der Waals surface area contributed by atoms with E-state index in [2.05, 4.69) is 10.3 Å². The number of anilines is 1. The van der Waals surface area contributed by atoms with Crippen LogP contribution in [-0.4, -0.2) is 22.4 Å². The Hall–Kier alpha value is -4.97. The van der Waals surface area contributed by atoms with Crippen LogP contribution in [0, 0.1) is 17.1 Å². The lowest BCUT2D eigenvalue weighted by Gasteiger charge is -2.11. The van der Waals surface area contributed by atoms with Crippen LogP contribution in [0.2, 0.25) is 0 Å². The third kappa shape index (κ3) is 4.61. The summed E-state index contributed by atoms with van der Waals surface area (Å²) in [7, 11) is 1.45. The quantitative estimate of drug-likeness (QED) is 0.345. The number of methoxy groups -OCH3 is 1. The Bertz CT molecular complexity index is 1500. The van der Waals surface area contributed by atoms with E-state index in [4.69, 9.17) is 9.47 Å². The largest absolute Gasteiger partial charge is 0.495 e. The first-order chi connectivity index (χ1) is 16.5. The van der Waals surface area contributed by atoms with Crippen molar-refractivity contribution in [3.63, 3.8) is 0 Å². The highest BCUT2D eigenvalue weighted by Gasteiger charge is 2.18. The molecule has 34 heavy (non-hydrogen) atoms. The van der Waals surface area contributed by atoms with Crippen LogP contribution in [0.5, 0.6) is 17.4 Å². The Morgan fingerprint density at radius 3 is 2.59 bits per heavy atom. The molecule has 0 aliphatic carbocycles. The van der Waals surface area contributed by atoms with Gasteiger partial charge in [0.05, 0.1) is 12.8 Å². The summed E-state index contributed by atoms with van der Waals surface area (Å²) in [4.78, 5) is 30.4. The zero-order valence-electron chi connectivity index (χ0n) is 17.9. The molecule has 1 amide bonds. The van der Waals surface area contributed by atoms with Gasteiger partial charge in [0.25, 0.3) is 11.5 Å². The van der Waals surface area contributed by atoms with E-state index in [9.17, 15) is 19.2 Å². The molecule has 2 heterocycles. The summed E-state index contributed by atoms with van der Waals surface area (Å²) < 4.78 is 25.5. The minimum atomic E-state index is -0.753. The van der Waals surface area contributed by atoms with Gasteiger partial charge in [0.15, 0.2) is 0 Å². The number of carbonyl (C=O) groups excluding carboxylic acids is 1. The van der Waals surface area contributed by atoms with Crippen molar-refractivity contribution in [3.05, 3.63) is 100 Å². The first-order valence-electron chi connectivity index (χ1n) is 10.0. The number of hydrogen-bond donors (Lipinski definition) is 1.